The summed E-state index contributed by atoms with van der Waals surface area (Å²) in [6.45, 7) is 4.42. The van der Waals surface area contributed by atoms with Gasteiger partial charge in [0.2, 0.25) is 0 Å². The van der Waals surface area contributed by atoms with Crippen LogP contribution in [0.1, 0.15) is 24.0 Å². The fraction of sp³-hybridized carbons (Fsp3) is 0.286. The van der Waals surface area contributed by atoms with Crippen LogP contribution in [0, 0.1) is 6.92 Å². The Morgan fingerprint density at radius 3 is 2.56 bits per heavy atom. The molecule has 0 aliphatic heterocycles. The number of nitrogens with two attached hydrogens (primary N) is 1. The highest BCUT2D eigenvalue weighted by molar-refractivity contribution is 5.92. The van der Waals surface area contributed by atoms with Crippen LogP contribution in [0.5, 0.6) is 11.5 Å². The Morgan fingerprint density at radius 2 is 1.94 bits per heavy atom. The van der Waals surface area contributed by atoms with E-state index >= 15 is 0 Å². The summed E-state index contributed by atoms with van der Waals surface area (Å²) in [5.74, 6) is 0.100. The van der Waals surface area contributed by atoms with Crippen LogP contribution in [-0.4, -0.2) is 16.8 Å². The molecule has 1 unspecified atom stereocenters. The lowest BCUT2D eigenvalue weighted by atomic mass is 9.91. The average molecular weight is 268 g/mol. The normalized spacial score (nSPS) is 12.2. The van der Waals surface area contributed by atoms with Crippen molar-refractivity contribution in [3.05, 3.63) is 35.4 Å². The standard InChI is InChI=1S/C14H17NO2.ClH/c1-8(7-15)11-5-3-4-10-6-12(16)14(17)9(2)13(10)11;/h3-6,8,16-17H,7,15H2,1-2H3;1H. The molecule has 0 fully saturated rings. The van der Waals surface area contributed by atoms with Crippen molar-refractivity contribution in [2.24, 2.45) is 5.73 Å². The maximum atomic E-state index is 9.80. The first-order valence-electron chi connectivity index (χ1n) is 5.70. The molecule has 0 saturated heterocycles. The number of aromatic hydroxyl groups is 2. The van der Waals surface area contributed by atoms with Gasteiger partial charge in [-0.3, -0.25) is 0 Å². The first-order chi connectivity index (χ1) is 8.06. The Kier molecular flexibility index (Phi) is 4.43. The number of phenolic OH excluding ortho intramolecular Hbond substituents is 2. The lowest BCUT2D eigenvalue weighted by molar-refractivity contribution is 0.402. The van der Waals surface area contributed by atoms with E-state index in [-0.39, 0.29) is 29.8 Å². The van der Waals surface area contributed by atoms with E-state index in [0.29, 0.717) is 12.1 Å². The number of hydrogen-bond acceptors (Lipinski definition) is 3. The SMILES string of the molecule is Cc1c(O)c(O)cc2cccc(C(C)CN)c12.Cl. The van der Waals surface area contributed by atoms with E-state index in [1.165, 1.54) is 0 Å². The van der Waals surface area contributed by atoms with Crippen molar-refractivity contribution in [2.45, 2.75) is 19.8 Å². The van der Waals surface area contributed by atoms with Crippen LogP contribution >= 0.6 is 12.4 Å². The molecule has 2 rings (SSSR count). The second-order valence-electron chi connectivity index (χ2n) is 4.45. The molecule has 0 aliphatic rings. The van der Waals surface area contributed by atoms with Crippen LogP contribution in [0.2, 0.25) is 0 Å². The number of aryl methyl sites for hydroxylation is 1. The topological polar surface area (TPSA) is 66.5 Å². The first-order valence-corrected chi connectivity index (χ1v) is 5.70. The van der Waals surface area contributed by atoms with Crippen LogP contribution in [0.25, 0.3) is 10.8 Å². The highest BCUT2D eigenvalue weighted by Gasteiger charge is 2.14. The minimum atomic E-state index is -0.0763. The second kappa shape index (κ2) is 5.46. The van der Waals surface area contributed by atoms with E-state index < -0.39 is 0 Å². The van der Waals surface area contributed by atoms with Gasteiger partial charge in [0.25, 0.3) is 0 Å². The van der Waals surface area contributed by atoms with Gasteiger partial charge in [-0.25, -0.2) is 0 Å². The van der Waals surface area contributed by atoms with Gasteiger partial charge >= 0.3 is 0 Å². The van der Waals surface area contributed by atoms with Gasteiger partial charge in [-0.15, -0.1) is 12.4 Å². The Hall–Kier alpha value is -1.45. The van der Waals surface area contributed by atoms with Gasteiger partial charge < -0.3 is 15.9 Å². The molecule has 4 N–H and O–H groups in total. The van der Waals surface area contributed by atoms with Crippen LogP contribution < -0.4 is 5.73 Å². The number of phenols is 2. The van der Waals surface area contributed by atoms with Crippen LogP contribution in [0.15, 0.2) is 24.3 Å². The maximum absolute atomic E-state index is 9.80. The summed E-state index contributed by atoms with van der Waals surface area (Å²) in [5.41, 5.74) is 7.51. The highest BCUT2D eigenvalue weighted by atomic mass is 35.5. The third-order valence-electron chi connectivity index (χ3n) is 3.28. The summed E-state index contributed by atoms with van der Waals surface area (Å²) in [7, 11) is 0. The fourth-order valence-electron chi connectivity index (χ4n) is 2.21. The smallest absolute Gasteiger partial charge is 0.161 e. The van der Waals surface area contributed by atoms with Crippen molar-refractivity contribution < 1.29 is 10.2 Å². The molecule has 1 atom stereocenters. The van der Waals surface area contributed by atoms with Crippen LogP contribution in [0.4, 0.5) is 0 Å². The third-order valence-corrected chi connectivity index (χ3v) is 3.28. The van der Waals surface area contributed by atoms with Gasteiger partial charge in [0.05, 0.1) is 0 Å². The highest BCUT2D eigenvalue weighted by Crippen LogP contribution is 2.38. The van der Waals surface area contributed by atoms with Crippen molar-refractivity contribution in [2.75, 3.05) is 6.54 Å². The van der Waals surface area contributed by atoms with E-state index in [4.69, 9.17) is 5.73 Å². The summed E-state index contributed by atoms with van der Waals surface area (Å²) in [4.78, 5) is 0. The molecule has 0 spiro atoms. The van der Waals surface area contributed by atoms with Gasteiger partial charge in [-0.2, -0.15) is 0 Å². The van der Waals surface area contributed by atoms with Crippen molar-refractivity contribution in [1.82, 2.24) is 0 Å². The summed E-state index contributed by atoms with van der Waals surface area (Å²) in [6, 6.07) is 7.47. The Morgan fingerprint density at radius 1 is 1.28 bits per heavy atom. The van der Waals surface area contributed by atoms with E-state index in [9.17, 15) is 10.2 Å². The zero-order valence-corrected chi connectivity index (χ0v) is 11.3. The minimum Gasteiger partial charge on any atom is -0.504 e. The molecule has 0 radical (unpaired) electrons. The first kappa shape index (κ1) is 14.6. The predicted octanol–water partition coefficient (Wildman–Crippen LogP) is 3.04. The van der Waals surface area contributed by atoms with Gasteiger partial charge in [0.1, 0.15) is 0 Å². The predicted molar refractivity (Wildman–Crippen MR) is 76.7 cm³/mol. The van der Waals surface area contributed by atoms with E-state index in [1.807, 2.05) is 25.1 Å². The van der Waals surface area contributed by atoms with Crippen LogP contribution in [-0.2, 0) is 0 Å². The Balaban J connectivity index is 0.00000162. The molecule has 0 aromatic heterocycles. The molecule has 0 saturated carbocycles. The summed E-state index contributed by atoms with van der Waals surface area (Å²) in [6.07, 6.45) is 0. The zero-order valence-electron chi connectivity index (χ0n) is 10.5. The molecule has 0 bridgehead atoms. The third kappa shape index (κ3) is 2.24. The maximum Gasteiger partial charge on any atom is 0.161 e. The van der Waals surface area contributed by atoms with E-state index in [2.05, 4.69) is 6.92 Å². The molecule has 0 aliphatic carbocycles. The van der Waals surface area contributed by atoms with Gasteiger partial charge in [0, 0.05) is 5.56 Å². The number of hydrogen-bond donors (Lipinski definition) is 3. The van der Waals surface area contributed by atoms with Gasteiger partial charge in [-0.05, 0) is 41.8 Å². The number of rotatable bonds is 2. The lowest BCUT2D eigenvalue weighted by Crippen LogP contribution is -2.09. The molecular formula is C14H18ClNO2. The number of fused-ring (bicyclic) bond motifs is 1. The zero-order chi connectivity index (χ0) is 12.6. The van der Waals surface area contributed by atoms with Crippen molar-refractivity contribution >= 4 is 23.2 Å². The summed E-state index contributed by atoms with van der Waals surface area (Å²) in [5, 5.41) is 21.3. The molecule has 3 nitrogen and oxygen atoms in total. The Bertz CT molecular complexity index is 569. The monoisotopic (exact) mass is 267 g/mol. The van der Waals surface area contributed by atoms with Crippen LogP contribution in [0.3, 0.4) is 0 Å². The Labute approximate surface area is 113 Å². The lowest BCUT2D eigenvalue weighted by Gasteiger charge is -2.15. The molecule has 18 heavy (non-hydrogen) atoms. The van der Waals surface area contributed by atoms with E-state index in [1.54, 1.807) is 6.07 Å². The molecule has 0 amide bonds. The molecule has 2 aromatic carbocycles. The average Bonchev–Trinajstić information content (AvgIpc) is 2.34. The quantitative estimate of drug-likeness (QED) is 0.733. The van der Waals surface area contributed by atoms with E-state index in [0.717, 1.165) is 16.3 Å². The molecule has 2 aromatic rings. The number of benzene rings is 2. The minimum absolute atomic E-state index is 0. The summed E-state index contributed by atoms with van der Waals surface area (Å²) < 4.78 is 0. The van der Waals surface area contributed by atoms with Gasteiger partial charge in [0.15, 0.2) is 11.5 Å². The molecule has 0 heterocycles. The van der Waals surface area contributed by atoms with Gasteiger partial charge in [-0.1, -0.05) is 25.1 Å². The molecule has 98 valence electrons. The molecular weight excluding hydrogens is 250 g/mol. The molecule has 4 heteroatoms. The van der Waals surface area contributed by atoms with Crippen molar-refractivity contribution in [3.8, 4) is 11.5 Å². The van der Waals surface area contributed by atoms with Crippen molar-refractivity contribution in [3.63, 3.8) is 0 Å². The van der Waals surface area contributed by atoms with Crippen molar-refractivity contribution in [1.29, 1.82) is 0 Å². The summed E-state index contributed by atoms with van der Waals surface area (Å²) >= 11 is 0. The number of halogens is 1. The largest absolute Gasteiger partial charge is 0.504 e. The second-order valence-corrected chi connectivity index (χ2v) is 4.45. The fourth-order valence-corrected chi connectivity index (χ4v) is 2.21.